The van der Waals surface area contributed by atoms with Gasteiger partial charge in [-0.05, 0) is 38.5 Å². The number of rotatable bonds is 4. The zero-order chi connectivity index (χ0) is 13.1. The van der Waals surface area contributed by atoms with E-state index in [1.165, 1.54) is 0 Å². The van der Waals surface area contributed by atoms with E-state index >= 15 is 0 Å². The summed E-state index contributed by atoms with van der Waals surface area (Å²) in [6, 6.07) is 7.65. The van der Waals surface area contributed by atoms with E-state index in [1.54, 1.807) is 6.07 Å². The SMILES string of the molecule is Cc1ccc2oc(C(=O)NC(C)CCCl)cc2c1. The van der Waals surface area contributed by atoms with Crippen LogP contribution in [0.1, 0.15) is 29.5 Å². The van der Waals surface area contributed by atoms with E-state index < -0.39 is 0 Å². The van der Waals surface area contributed by atoms with Crippen molar-refractivity contribution in [2.24, 2.45) is 0 Å². The number of aryl methyl sites for hydroxylation is 1. The number of hydrogen-bond acceptors (Lipinski definition) is 2. The average Bonchev–Trinajstić information content (AvgIpc) is 2.72. The van der Waals surface area contributed by atoms with E-state index in [9.17, 15) is 4.79 Å². The molecule has 0 aliphatic rings. The second-order valence-electron chi connectivity index (χ2n) is 4.50. The fourth-order valence-corrected chi connectivity index (χ4v) is 2.13. The number of fused-ring (bicyclic) bond motifs is 1. The summed E-state index contributed by atoms with van der Waals surface area (Å²) in [5.74, 6) is 0.680. The number of carbonyl (C=O) groups is 1. The number of carbonyl (C=O) groups excluding carboxylic acids is 1. The molecule has 0 spiro atoms. The van der Waals surface area contributed by atoms with Crippen molar-refractivity contribution in [1.29, 1.82) is 0 Å². The molecule has 1 aromatic carbocycles. The second kappa shape index (κ2) is 5.44. The van der Waals surface area contributed by atoms with Crippen LogP contribution in [-0.4, -0.2) is 17.8 Å². The molecule has 2 rings (SSSR count). The number of benzene rings is 1. The van der Waals surface area contributed by atoms with Gasteiger partial charge in [-0.2, -0.15) is 0 Å². The van der Waals surface area contributed by atoms with Gasteiger partial charge in [0.15, 0.2) is 5.76 Å². The molecule has 0 saturated heterocycles. The molecule has 0 saturated carbocycles. The van der Waals surface area contributed by atoms with Crippen LogP contribution in [0.15, 0.2) is 28.7 Å². The number of halogens is 1. The van der Waals surface area contributed by atoms with Crippen LogP contribution < -0.4 is 5.32 Å². The van der Waals surface area contributed by atoms with E-state index in [0.717, 1.165) is 23.0 Å². The Morgan fingerprint density at radius 2 is 2.22 bits per heavy atom. The molecule has 0 aliphatic heterocycles. The number of furan rings is 1. The van der Waals surface area contributed by atoms with Crippen molar-refractivity contribution in [3.05, 3.63) is 35.6 Å². The lowest BCUT2D eigenvalue weighted by Crippen LogP contribution is -2.32. The van der Waals surface area contributed by atoms with Crippen LogP contribution in [0.4, 0.5) is 0 Å². The summed E-state index contributed by atoms with van der Waals surface area (Å²) >= 11 is 5.63. The number of amides is 1. The van der Waals surface area contributed by atoms with Crippen LogP contribution in [-0.2, 0) is 0 Å². The molecule has 1 unspecified atom stereocenters. The van der Waals surface area contributed by atoms with Gasteiger partial charge in [0.2, 0.25) is 0 Å². The standard InChI is InChI=1S/C14H16ClNO2/c1-9-3-4-12-11(7-9)8-13(18-12)14(17)16-10(2)5-6-15/h3-4,7-8,10H,5-6H2,1-2H3,(H,16,17). The number of nitrogens with one attached hydrogen (secondary N) is 1. The largest absolute Gasteiger partial charge is 0.451 e. The van der Waals surface area contributed by atoms with Gasteiger partial charge in [-0.15, -0.1) is 11.6 Å². The van der Waals surface area contributed by atoms with Gasteiger partial charge in [-0.3, -0.25) is 4.79 Å². The van der Waals surface area contributed by atoms with Gasteiger partial charge in [-0.25, -0.2) is 0 Å². The maximum absolute atomic E-state index is 11.9. The van der Waals surface area contributed by atoms with Crippen LogP contribution in [0.5, 0.6) is 0 Å². The molecule has 1 heterocycles. The molecule has 0 aliphatic carbocycles. The summed E-state index contributed by atoms with van der Waals surface area (Å²) in [5, 5.41) is 3.80. The van der Waals surface area contributed by atoms with Gasteiger partial charge in [0, 0.05) is 17.3 Å². The Balaban J connectivity index is 2.18. The third-order valence-electron chi connectivity index (χ3n) is 2.82. The highest BCUT2D eigenvalue weighted by Gasteiger charge is 2.14. The van der Waals surface area contributed by atoms with Gasteiger partial charge < -0.3 is 9.73 Å². The first-order valence-electron chi connectivity index (χ1n) is 5.97. The predicted octanol–water partition coefficient (Wildman–Crippen LogP) is 3.49. The van der Waals surface area contributed by atoms with Gasteiger partial charge >= 0.3 is 0 Å². The topological polar surface area (TPSA) is 42.2 Å². The third-order valence-corrected chi connectivity index (χ3v) is 3.03. The fraction of sp³-hybridized carbons (Fsp3) is 0.357. The van der Waals surface area contributed by atoms with Gasteiger partial charge in [-0.1, -0.05) is 11.6 Å². The normalized spacial score (nSPS) is 12.6. The first-order valence-corrected chi connectivity index (χ1v) is 6.50. The monoisotopic (exact) mass is 265 g/mol. The van der Waals surface area contributed by atoms with Crippen LogP contribution in [0.3, 0.4) is 0 Å². The first kappa shape index (κ1) is 13.0. The minimum atomic E-state index is -0.193. The van der Waals surface area contributed by atoms with Crippen LogP contribution in [0, 0.1) is 6.92 Å². The Bertz CT molecular complexity index is 562. The molecule has 2 aromatic rings. The van der Waals surface area contributed by atoms with Crippen LogP contribution >= 0.6 is 11.6 Å². The smallest absolute Gasteiger partial charge is 0.287 e. The molecule has 0 radical (unpaired) electrons. The Morgan fingerprint density at radius 1 is 1.44 bits per heavy atom. The zero-order valence-electron chi connectivity index (χ0n) is 10.5. The lowest BCUT2D eigenvalue weighted by Gasteiger charge is -2.10. The summed E-state index contributed by atoms with van der Waals surface area (Å²) in [6.07, 6.45) is 0.743. The summed E-state index contributed by atoms with van der Waals surface area (Å²) in [6.45, 7) is 3.93. The molecule has 18 heavy (non-hydrogen) atoms. The molecular weight excluding hydrogens is 250 g/mol. The molecular formula is C14H16ClNO2. The van der Waals surface area contributed by atoms with Crippen molar-refractivity contribution in [2.45, 2.75) is 26.3 Å². The van der Waals surface area contributed by atoms with Crippen LogP contribution in [0.25, 0.3) is 11.0 Å². The quantitative estimate of drug-likeness (QED) is 0.860. The summed E-state index contributed by atoms with van der Waals surface area (Å²) < 4.78 is 5.52. The Kier molecular flexibility index (Phi) is 3.92. The molecule has 96 valence electrons. The molecule has 0 fully saturated rings. The number of alkyl halides is 1. The average molecular weight is 266 g/mol. The lowest BCUT2D eigenvalue weighted by molar-refractivity contribution is 0.0913. The summed E-state index contributed by atoms with van der Waals surface area (Å²) in [4.78, 5) is 11.9. The fourth-order valence-electron chi connectivity index (χ4n) is 1.81. The third kappa shape index (κ3) is 2.85. The van der Waals surface area contributed by atoms with Gasteiger partial charge in [0.05, 0.1) is 0 Å². The molecule has 1 amide bonds. The molecule has 1 atom stereocenters. The highest BCUT2D eigenvalue weighted by Crippen LogP contribution is 2.20. The molecule has 1 N–H and O–H groups in total. The van der Waals surface area contributed by atoms with E-state index in [0.29, 0.717) is 11.6 Å². The van der Waals surface area contributed by atoms with Crippen molar-refractivity contribution >= 4 is 28.5 Å². The Morgan fingerprint density at radius 3 is 2.94 bits per heavy atom. The van der Waals surface area contributed by atoms with Crippen molar-refractivity contribution in [3.8, 4) is 0 Å². The minimum Gasteiger partial charge on any atom is -0.451 e. The number of hydrogen-bond donors (Lipinski definition) is 1. The van der Waals surface area contributed by atoms with Crippen molar-refractivity contribution in [1.82, 2.24) is 5.32 Å². The molecule has 0 bridgehead atoms. The lowest BCUT2D eigenvalue weighted by atomic mass is 10.2. The molecule has 3 nitrogen and oxygen atoms in total. The maximum atomic E-state index is 11.9. The van der Waals surface area contributed by atoms with Gasteiger partial charge in [0.1, 0.15) is 5.58 Å². The van der Waals surface area contributed by atoms with E-state index in [2.05, 4.69) is 5.32 Å². The highest BCUT2D eigenvalue weighted by atomic mass is 35.5. The van der Waals surface area contributed by atoms with Gasteiger partial charge in [0.25, 0.3) is 5.91 Å². The zero-order valence-corrected chi connectivity index (χ0v) is 11.3. The summed E-state index contributed by atoms with van der Waals surface area (Å²) in [7, 11) is 0. The van der Waals surface area contributed by atoms with E-state index in [4.69, 9.17) is 16.0 Å². The van der Waals surface area contributed by atoms with Crippen molar-refractivity contribution < 1.29 is 9.21 Å². The minimum absolute atomic E-state index is 0.0462. The first-order chi connectivity index (χ1) is 8.60. The van der Waals surface area contributed by atoms with Crippen LogP contribution in [0.2, 0.25) is 0 Å². The Labute approximate surface area is 111 Å². The maximum Gasteiger partial charge on any atom is 0.287 e. The second-order valence-corrected chi connectivity index (χ2v) is 4.88. The van der Waals surface area contributed by atoms with Crippen molar-refractivity contribution in [2.75, 3.05) is 5.88 Å². The van der Waals surface area contributed by atoms with E-state index in [-0.39, 0.29) is 11.9 Å². The molecule has 4 heteroatoms. The predicted molar refractivity (Wildman–Crippen MR) is 73.2 cm³/mol. The van der Waals surface area contributed by atoms with E-state index in [1.807, 2.05) is 32.0 Å². The summed E-state index contributed by atoms with van der Waals surface area (Å²) in [5.41, 5.74) is 1.88. The highest BCUT2D eigenvalue weighted by molar-refractivity contribution is 6.17. The molecule has 1 aromatic heterocycles. The Hall–Kier alpha value is -1.48. The van der Waals surface area contributed by atoms with Crippen molar-refractivity contribution in [3.63, 3.8) is 0 Å².